The fraction of sp³-hybridized carbons (Fsp3) is 0.600. The summed E-state index contributed by atoms with van der Waals surface area (Å²) >= 11 is 0. The van der Waals surface area contributed by atoms with Crippen molar-refractivity contribution in [3.8, 4) is 0 Å². The van der Waals surface area contributed by atoms with E-state index in [2.05, 4.69) is 10.5 Å². The number of hydrazone groups is 1. The molecule has 0 aliphatic heterocycles. The molecule has 0 aromatic carbocycles. The number of carboxylic acid groups (broad SMARTS) is 1. The maximum Gasteiger partial charge on any atom is 0.348 e. The molecule has 0 heterocycles. The van der Waals surface area contributed by atoms with E-state index in [0.29, 0.717) is 6.04 Å². The van der Waals surface area contributed by atoms with E-state index in [1.165, 1.54) is 0 Å². The van der Waals surface area contributed by atoms with Gasteiger partial charge >= 0.3 is 5.97 Å². The molecule has 1 aliphatic carbocycles. The SMILES string of the molecule is O=C(O)/C=N/NC1CC1. The fourth-order valence-electron chi connectivity index (χ4n) is 0.410. The van der Waals surface area contributed by atoms with Crippen LogP contribution in [-0.4, -0.2) is 23.3 Å². The van der Waals surface area contributed by atoms with Crippen LogP contribution in [0.5, 0.6) is 0 Å². The predicted molar refractivity (Wildman–Crippen MR) is 32.3 cm³/mol. The van der Waals surface area contributed by atoms with E-state index in [-0.39, 0.29) is 0 Å². The lowest BCUT2D eigenvalue weighted by atomic mass is 10.7. The van der Waals surface area contributed by atoms with Gasteiger partial charge in [0.1, 0.15) is 6.21 Å². The van der Waals surface area contributed by atoms with Gasteiger partial charge in [0.25, 0.3) is 0 Å². The Morgan fingerprint density at radius 1 is 1.78 bits per heavy atom. The predicted octanol–water partition coefficient (Wildman–Crippen LogP) is -0.191. The number of rotatable bonds is 3. The van der Waals surface area contributed by atoms with Crippen LogP contribution in [0, 0.1) is 0 Å². The van der Waals surface area contributed by atoms with Crippen molar-refractivity contribution in [2.45, 2.75) is 18.9 Å². The molecular formula is C5H8N2O2. The minimum Gasteiger partial charge on any atom is -0.477 e. The van der Waals surface area contributed by atoms with E-state index < -0.39 is 5.97 Å². The molecule has 1 fully saturated rings. The van der Waals surface area contributed by atoms with Gasteiger partial charge in [0.15, 0.2) is 0 Å². The van der Waals surface area contributed by atoms with Crippen LogP contribution in [0.4, 0.5) is 0 Å². The summed E-state index contributed by atoms with van der Waals surface area (Å²) in [6.07, 6.45) is 3.08. The van der Waals surface area contributed by atoms with Crippen molar-refractivity contribution in [3.05, 3.63) is 0 Å². The van der Waals surface area contributed by atoms with E-state index in [4.69, 9.17) is 5.11 Å². The van der Waals surface area contributed by atoms with Gasteiger partial charge in [-0.25, -0.2) is 4.79 Å². The molecule has 1 aliphatic rings. The molecule has 0 unspecified atom stereocenters. The second kappa shape index (κ2) is 2.48. The Balaban J connectivity index is 2.08. The van der Waals surface area contributed by atoms with Crippen molar-refractivity contribution in [3.63, 3.8) is 0 Å². The summed E-state index contributed by atoms with van der Waals surface area (Å²) < 4.78 is 0. The molecule has 1 saturated carbocycles. The summed E-state index contributed by atoms with van der Waals surface area (Å²) in [6.45, 7) is 0. The van der Waals surface area contributed by atoms with E-state index >= 15 is 0 Å². The van der Waals surface area contributed by atoms with Crippen molar-refractivity contribution in [2.24, 2.45) is 5.10 Å². The molecule has 2 N–H and O–H groups in total. The van der Waals surface area contributed by atoms with Gasteiger partial charge < -0.3 is 10.5 Å². The van der Waals surface area contributed by atoms with E-state index in [1.54, 1.807) is 0 Å². The van der Waals surface area contributed by atoms with Gasteiger partial charge in [0, 0.05) is 6.04 Å². The van der Waals surface area contributed by atoms with Gasteiger partial charge in [0.2, 0.25) is 0 Å². The van der Waals surface area contributed by atoms with E-state index in [0.717, 1.165) is 19.1 Å². The molecular weight excluding hydrogens is 120 g/mol. The molecule has 0 atom stereocenters. The highest BCUT2D eigenvalue weighted by atomic mass is 16.4. The first-order valence-corrected chi connectivity index (χ1v) is 2.80. The zero-order valence-electron chi connectivity index (χ0n) is 4.87. The molecule has 0 aromatic heterocycles. The molecule has 0 amide bonds. The smallest absolute Gasteiger partial charge is 0.348 e. The van der Waals surface area contributed by atoms with Gasteiger partial charge in [0.05, 0.1) is 0 Å². The van der Waals surface area contributed by atoms with Crippen LogP contribution in [-0.2, 0) is 4.79 Å². The van der Waals surface area contributed by atoms with Crippen molar-refractivity contribution in [1.82, 2.24) is 5.43 Å². The maximum atomic E-state index is 9.81. The molecule has 4 heteroatoms. The average Bonchev–Trinajstić information content (AvgIpc) is 2.48. The van der Waals surface area contributed by atoms with Gasteiger partial charge in [-0.2, -0.15) is 5.10 Å². The Bertz CT molecular complexity index is 140. The van der Waals surface area contributed by atoms with E-state index in [9.17, 15) is 4.79 Å². The van der Waals surface area contributed by atoms with Crippen LogP contribution in [0.1, 0.15) is 12.8 Å². The monoisotopic (exact) mass is 128 g/mol. The largest absolute Gasteiger partial charge is 0.477 e. The molecule has 9 heavy (non-hydrogen) atoms. The molecule has 0 saturated heterocycles. The molecule has 50 valence electrons. The molecule has 0 bridgehead atoms. The Morgan fingerprint density at radius 3 is 2.89 bits per heavy atom. The summed E-state index contributed by atoms with van der Waals surface area (Å²) in [5.41, 5.74) is 2.68. The summed E-state index contributed by atoms with van der Waals surface area (Å²) in [5.74, 6) is -1.01. The number of nitrogens with zero attached hydrogens (tertiary/aromatic N) is 1. The number of hydrogen-bond acceptors (Lipinski definition) is 3. The Labute approximate surface area is 52.6 Å². The number of hydrogen-bond donors (Lipinski definition) is 2. The Hall–Kier alpha value is -1.06. The molecule has 1 rings (SSSR count). The normalized spacial score (nSPS) is 18.2. The highest BCUT2D eigenvalue weighted by molar-refractivity contribution is 6.21. The van der Waals surface area contributed by atoms with Crippen LogP contribution in [0.25, 0.3) is 0 Å². The zero-order chi connectivity index (χ0) is 6.69. The van der Waals surface area contributed by atoms with Crippen molar-refractivity contribution < 1.29 is 9.90 Å². The van der Waals surface area contributed by atoms with Gasteiger partial charge in [-0.3, -0.25) is 0 Å². The number of carboxylic acids is 1. The van der Waals surface area contributed by atoms with Crippen molar-refractivity contribution in [2.75, 3.05) is 0 Å². The molecule has 0 spiro atoms. The fourth-order valence-corrected chi connectivity index (χ4v) is 0.410. The average molecular weight is 128 g/mol. The number of aliphatic carboxylic acids is 1. The lowest BCUT2D eigenvalue weighted by Crippen LogP contribution is -2.09. The Morgan fingerprint density at radius 2 is 2.44 bits per heavy atom. The Kier molecular flexibility index (Phi) is 1.67. The molecule has 4 nitrogen and oxygen atoms in total. The number of carbonyl (C=O) groups is 1. The highest BCUT2D eigenvalue weighted by Crippen LogP contribution is 2.17. The second-order valence-electron chi connectivity index (χ2n) is 2.00. The van der Waals surface area contributed by atoms with Crippen LogP contribution in [0.3, 0.4) is 0 Å². The first kappa shape index (κ1) is 6.07. The van der Waals surface area contributed by atoms with Crippen molar-refractivity contribution >= 4 is 12.2 Å². The van der Waals surface area contributed by atoms with Gasteiger partial charge in [-0.1, -0.05) is 0 Å². The highest BCUT2D eigenvalue weighted by Gasteiger charge is 2.19. The van der Waals surface area contributed by atoms with Crippen LogP contribution < -0.4 is 5.43 Å². The third-order valence-corrected chi connectivity index (χ3v) is 1.01. The number of nitrogens with one attached hydrogen (secondary N) is 1. The summed E-state index contributed by atoms with van der Waals surface area (Å²) in [7, 11) is 0. The minimum absolute atomic E-state index is 0.431. The first-order chi connectivity index (χ1) is 4.29. The van der Waals surface area contributed by atoms with Crippen LogP contribution in [0.2, 0.25) is 0 Å². The summed E-state index contributed by atoms with van der Waals surface area (Å²) in [4.78, 5) is 9.81. The lowest BCUT2D eigenvalue weighted by molar-refractivity contribution is -0.128. The molecule has 0 aromatic rings. The summed E-state index contributed by atoms with van der Waals surface area (Å²) in [5, 5.41) is 11.5. The maximum absolute atomic E-state index is 9.81. The summed E-state index contributed by atoms with van der Waals surface area (Å²) in [6, 6.07) is 0.431. The third kappa shape index (κ3) is 2.69. The van der Waals surface area contributed by atoms with Crippen LogP contribution >= 0.6 is 0 Å². The third-order valence-electron chi connectivity index (χ3n) is 1.01. The standard InChI is InChI=1S/C5H8N2O2/c8-5(9)3-6-7-4-1-2-4/h3-4,7H,1-2H2,(H,8,9)/b6-3+. The van der Waals surface area contributed by atoms with E-state index in [1.807, 2.05) is 0 Å². The second-order valence-corrected chi connectivity index (χ2v) is 2.00. The van der Waals surface area contributed by atoms with Gasteiger partial charge in [-0.05, 0) is 12.8 Å². The lowest BCUT2D eigenvalue weighted by Gasteiger charge is -1.89. The molecule has 0 radical (unpaired) electrons. The van der Waals surface area contributed by atoms with Crippen molar-refractivity contribution in [1.29, 1.82) is 0 Å². The quantitative estimate of drug-likeness (QED) is 0.409. The first-order valence-electron chi connectivity index (χ1n) is 2.80. The van der Waals surface area contributed by atoms with Gasteiger partial charge in [-0.15, -0.1) is 0 Å². The topological polar surface area (TPSA) is 61.7 Å². The minimum atomic E-state index is -1.01. The zero-order valence-corrected chi connectivity index (χ0v) is 4.87. The van der Waals surface area contributed by atoms with Crippen LogP contribution in [0.15, 0.2) is 5.10 Å².